The van der Waals surface area contributed by atoms with Crippen LogP contribution in [0, 0.1) is 0 Å². The average Bonchev–Trinajstić information content (AvgIpc) is 3.42. The Morgan fingerprint density at radius 3 is 2.41 bits per heavy atom. The van der Waals surface area contributed by atoms with Crippen LogP contribution in [0.15, 0.2) is 48.5 Å². The lowest BCUT2D eigenvalue weighted by Gasteiger charge is -2.38. The largest absolute Gasteiger partial charge is 0.465 e. The van der Waals surface area contributed by atoms with Gasteiger partial charge < -0.3 is 35.1 Å². The Kier molecular flexibility index (Phi) is 10.7. The lowest BCUT2D eigenvalue weighted by atomic mass is 9.99. The summed E-state index contributed by atoms with van der Waals surface area (Å²) < 4.78 is 17.6. The highest BCUT2D eigenvalue weighted by Crippen LogP contribution is 2.38. The van der Waals surface area contributed by atoms with E-state index in [1.807, 2.05) is 48.5 Å². The topological polar surface area (TPSA) is 130 Å². The van der Waals surface area contributed by atoms with Crippen LogP contribution in [0.3, 0.4) is 0 Å². The van der Waals surface area contributed by atoms with Crippen LogP contribution in [-0.2, 0) is 32.2 Å². The van der Waals surface area contributed by atoms with Crippen molar-refractivity contribution in [2.45, 2.75) is 63.9 Å². The second-order valence-corrected chi connectivity index (χ2v) is 9.91. The molecular formula is C29H39N3O7. The maximum absolute atomic E-state index is 12.0. The van der Waals surface area contributed by atoms with E-state index in [0.29, 0.717) is 13.0 Å². The summed E-state index contributed by atoms with van der Waals surface area (Å²) in [6, 6.07) is 15.2. The van der Waals surface area contributed by atoms with Gasteiger partial charge in [0, 0.05) is 31.1 Å². The first kappa shape index (κ1) is 29.0. The van der Waals surface area contributed by atoms with Crippen LogP contribution in [0.5, 0.6) is 0 Å². The number of urea groups is 1. The summed E-state index contributed by atoms with van der Waals surface area (Å²) in [7, 11) is 0. The van der Waals surface area contributed by atoms with E-state index in [1.165, 1.54) is 0 Å². The summed E-state index contributed by atoms with van der Waals surface area (Å²) in [5.41, 5.74) is 3.63. The summed E-state index contributed by atoms with van der Waals surface area (Å²) in [4.78, 5) is 25.7. The fourth-order valence-electron chi connectivity index (χ4n) is 5.04. The summed E-state index contributed by atoms with van der Waals surface area (Å²) in [6.07, 6.45) is 1.92. The molecule has 0 radical (unpaired) electrons. The van der Waals surface area contributed by atoms with Crippen molar-refractivity contribution in [1.29, 1.82) is 0 Å². The molecule has 2 fully saturated rings. The van der Waals surface area contributed by atoms with Crippen LogP contribution in [0.25, 0.3) is 0 Å². The number of ether oxygens (including phenoxy) is 3. The van der Waals surface area contributed by atoms with Crippen molar-refractivity contribution in [3.05, 3.63) is 70.8 Å². The summed E-state index contributed by atoms with van der Waals surface area (Å²) in [5, 5.41) is 24.4. The molecule has 0 saturated carbocycles. The minimum atomic E-state index is -0.573. The molecule has 0 aromatic heterocycles. The van der Waals surface area contributed by atoms with Gasteiger partial charge in [0.25, 0.3) is 0 Å². The Balaban J connectivity index is 1.40. The Morgan fingerprint density at radius 2 is 1.72 bits per heavy atom. The molecule has 2 aliphatic heterocycles. The number of amides is 2. The fourth-order valence-corrected chi connectivity index (χ4v) is 5.04. The van der Waals surface area contributed by atoms with Crippen molar-refractivity contribution in [2.75, 3.05) is 32.8 Å². The van der Waals surface area contributed by atoms with Crippen LogP contribution in [0.1, 0.15) is 60.8 Å². The molecule has 212 valence electrons. The first-order valence-corrected chi connectivity index (χ1v) is 13.6. The van der Waals surface area contributed by atoms with E-state index in [4.69, 9.17) is 14.2 Å². The van der Waals surface area contributed by atoms with Gasteiger partial charge in [0.1, 0.15) is 6.54 Å². The van der Waals surface area contributed by atoms with Crippen molar-refractivity contribution < 1.29 is 34.0 Å². The van der Waals surface area contributed by atoms with E-state index >= 15 is 0 Å². The zero-order valence-electron chi connectivity index (χ0n) is 22.4. The van der Waals surface area contributed by atoms with Crippen molar-refractivity contribution in [3.63, 3.8) is 0 Å². The molecule has 2 saturated heterocycles. The van der Waals surface area contributed by atoms with Gasteiger partial charge in [-0.05, 0) is 43.0 Å². The summed E-state index contributed by atoms with van der Waals surface area (Å²) in [6.45, 7) is 3.89. The molecule has 0 bridgehead atoms. The molecule has 2 aromatic rings. The Hall–Kier alpha value is -3.02. The molecular weight excluding hydrogens is 502 g/mol. The molecule has 2 heterocycles. The minimum absolute atomic E-state index is 0.00800. The van der Waals surface area contributed by atoms with Gasteiger partial charge in [-0.1, -0.05) is 48.5 Å². The van der Waals surface area contributed by atoms with Gasteiger partial charge >= 0.3 is 12.0 Å². The molecule has 0 spiro atoms. The lowest BCUT2D eigenvalue weighted by molar-refractivity contribution is -0.253. The van der Waals surface area contributed by atoms with Gasteiger partial charge in [0.2, 0.25) is 0 Å². The molecule has 2 aromatic carbocycles. The third kappa shape index (κ3) is 8.23. The SMILES string of the molecule is CCOC(=O)CNC(=O)NCc1ccc([C@@H]2O[C@H](CN3CCC[C@H]3CO)C[C@H](c3ccc(CO)cc3)O2)cc1. The Bertz CT molecular complexity index is 1060. The van der Waals surface area contributed by atoms with Crippen LogP contribution in [0.4, 0.5) is 4.79 Å². The van der Waals surface area contributed by atoms with Crippen LogP contribution in [0.2, 0.25) is 0 Å². The number of nitrogens with one attached hydrogen (secondary N) is 2. The average molecular weight is 542 g/mol. The number of benzene rings is 2. The molecule has 10 heteroatoms. The zero-order chi connectivity index (χ0) is 27.6. The highest BCUT2D eigenvalue weighted by Gasteiger charge is 2.35. The highest BCUT2D eigenvalue weighted by molar-refractivity contribution is 5.80. The monoisotopic (exact) mass is 541 g/mol. The molecule has 10 nitrogen and oxygen atoms in total. The third-order valence-electron chi connectivity index (χ3n) is 7.17. The van der Waals surface area contributed by atoms with E-state index in [2.05, 4.69) is 15.5 Å². The van der Waals surface area contributed by atoms with E-state index in [1.54, 1.807) is 6.92 Å². The van der Waals surface area contributed by atoms with Crippen LogP contribution >= 0.6 is 0 Å². The number of hydrogen-bond donors (Lipinski definition) is 4. The van der Waals surface area contributed by atoms with E-state index in [9.17, 15) is 19.8 Å². The van der Waals surface area contributed by atoms with Crippen molar-refractivity contribution in [1.82, 2.24) is 15.5 Å². The number of esters is 1. The summed E-state index contributed by atoms with van der Waals surface area (Å²) >= 11 is 0. The standard InChI is InChI=1S/C29H39N3O7/c1-2-37-27(35)16-31-29(36)30-15-20-5-11-23(12-6-20)28-38-25(17-32-13-3-4-24(32)19-34)14-26(39-28)22-9-7-21(18-33)8-10-22/h5-12,24-26,28,33-34H,2-4,13-19H2,1H3,(H2,30,31,36)/t24-,25-,26+,28+/m0/s1. The normalized spacial score (nSPS) is 23.4. The smallest absolute Gasteiger partial charge is 0.325 e. The van der Waals surface area contributed by atoms with Gasteiger partial charge in [0.15, 0.2) is 6.29 Å². The maximum atomic E-state index is 12.0. The molecule has 0 aliphatic carbocycles. The number of nitrogens with zero attached hydrogens (tertiary/aromatic N) is 1. The molecule has 39 heavy (non-hydrogen) atoms. The number of carbonyl (C=O) groups is 2. The minimum Gasteiger partial charge on any atom is -0.465 e. The zero-order valence-corrected chi connectivity index (χ0v) is 22.4. The van der Waals surface area contributed by atoms with Crippen molar-refractivity contribution in [3.8, 4) is 0 Å². The maximum Gasteiger partial charge on any atom is 0.325 e. The Morgan fingerprint density at radius 1 is 1.00 bits per heavy atom. The predicted molar refractivity (Wildman–Crippen MR) is 143 cm³/mol. The van der Waals surface area contributed by atoms with Gasteiger partial charge in [-0.15, -0.1) is 0 Å². The van der Waals surface area contributed by atoms with Gasteiger partial charge in [0.05, 0.1) is 32.0 Å². The Labute approximate surface area is 229 Å². The quantitative estimate of drug-likeness (QED) is 0.320. The molecule has 0 unspecified atom stereocenters. The van der Waals surface area contributed by atoms with Gasteiger partial charge in [-0.25, -0.2) is 4.79 Å². The number of hydrogen-bond acceptors (Lipinski definition) is 8. The number of rotatable bonds is 11. The molecule has 2 aliphatic rings. The van der Waals surface area contributed by atoms with E-state index in [-0.39, 0.29) is 44.6 Å². The van der Waals surface area contributed by atoms with Gasteiger partial charge in [-0.3, -0.25) is 9.69 Å². The molecule has 2 amide bonds. The number of likely N-dealkylation sites (tertiary alicyclic amines) is 1. The highest BCUT2D eigenvalue weighted by atomic mass is 16.7. The fraction of sp³-hybridized carbons (Fsp3) is 0.517. The first-order valence-electron chi connectivity index (χ1n) is 13.6. The predicted octanol–water partition coefficient (Wildman–Crippen LogP) is 2.54. The van der Waals surface area contributed by atoms with Crippen molar-refractivity contribution >= 4 is 12.0 Å². The first-order chi connectivity index (χ1) is 19.0. The second kappa shape index (κ2) is 14.4. The molecule has 4 N–H and O–H groups in total. The second-order valence-electron chi connectivity index (χ2n) is 9.91. The van der Waals surface area contributed by atoms with Gasteiger partial charge in [-0.2, -0.15) is 0 Å². The van der Waals surface area contributed by atoms with Crippen molar-refractivity contribution in [2.24, 2.45) is 0 Å². The number of aliphatic hydroxyl groups excluding tert-OH is 2. The van der Waals surface area contributed by atoms with E-state index in [0.717, 1.165) is 48.2 Å². The molecule has 4 atom stereocenters. The number of carbonyl (C=O) groups excluding carboxylic acids is 2. The van der Waals surface area contributed by atoms with Crippen LogP contribution in [-0.4, -0.2) is 72.1 Å². The van der Waals surface area contributed by atoms with Crippen LogP contribution < -0.4 is 10.6 Å². The summed E-state index contributed by atoms with van der Waals surface area (Å²) in [5.74, 6) is -0.484. The third-order valence-corrected chi connectivity index (χ3v) is 7.17. The van der Waals surface area contributed by atoms with E-state index < -0.39 is 18.3 Å². The lowest BCUT2D eigenvalue weighted by Crippen LogP contribution is -2.42. The molecule has 4 rings (SSSR count). The number of aliphatic hydroxyl groups is 2.